The van der Waals surface area contributed by atoms with Crippen LogP contribution < -0.4 is 15.8 Å². The van der Waals surface area contributed by atoms with Crippen LogP contribution >= 0.6 is 0 Å². The second-order valence-electron chi connectivity index (χ2n) is 2.89. The zero-order valence-corrected chi connectivity index (χ0v) is 9.18. The Morgan fingerprint density at radius 2 is 2.56 bits per heavy atom. The molecule has 16 heavy (non-hydrogen) atoms. The number of aromatic nitrogens is 2. The van der Waals surface area contributed by atoms with Crippen LogP contribution in [0.1, 0.15) is 5.82 Å². The molecule has 1 heterocycles. The Morgan fingerprint density at radius 1 is 1.75 bits per heavy atom. The lowest BCUT2D eigenvalue weighted by atomic mass is 10.5. The maximum Gasteiger partial charge on any atom is 0.216 e. The summed E-state index contributed by atoms with van der Waals surface area (Å²) in [6, 6.07) is 1.67. The van der Waals surface area contributed by atoms with Gasteiger partial charge in [-0.25, -0.2) is 9.98 Å². The van der Waals surface area contributed by atoms with Gasteiger partial charge in [0.25, 0.3) is 0 Å². The Bertz CT molecular complexity index is 377. The van der Waals surface area contributed by atoms with Crippen LogP contribution in [0.15, 0.2) is 29.9 Å². The van der Waals surface area contributed by atoms with E-state index in [-0.39, 0.29) is 0 Å². The minimum absolute atomic E-state index is 0.313. The van der Waals surface area contributed by atoms with Crippen LogP contribution in [-0.4, -0.2) is 29.6 Å². The fraction of sp³-hybridized carbons (Fsp3) is 0.300. The molecule has 1 aromatic heterocycles. The normalized spacial score (nSPS) is 10.9. The first kappa shape index (κ1) is 12.0. The van der Waals surface area contributed by atoms with Gasteiger partial charge < -0.3 is 15.8 Å². The average molecular weight is 221 g/mol. The van der Waals surface area contributed by atoms with Crippen LogP contribution in [0.25, 0.3) is 0 Å². The Labute approximate surface area is 94.3 Å². The highest BCUT2D eigenvalue weighted by Gasteiger charge is 1.98. The van der Waals surface area contributed by atoms with Crippen molar-refractivity contribution in [1.82, 2.24) is 15.3 Å². The SMILES string of the molecule is C=CCNC(N)=NCc1nccc(OC)n1. The Balaban J connectivity index is 2.55. The quantitative estimate of drug-likeness (QED) is 0.417. The number of guanidine groups is 1. The van der Waals surface area contributed by atoms with E-state index in [0.717, 1.165) is 0 Å². The van der Waals surface area contributed by atoms with Gasteiger partial charge in [-0.15, -0.1) is 6.58 Å². The molecule has 0 spiro atoms. The molecule has 6 heteroatoms. The van der Waals surface area contributed by atoms with Crippen molar-refractivity contribution in [3.63, 3.8) is 0 Å². The summed E-state index contributed by atoms with van der Waals surface area (Å²) >= 11 is 0. The summed E-state index contributed by atoms with van der Waals surface area (Å²) in [6.07, 6.45) is 3.31. The maximum atomic E-state index is 5.58. The summed E-state index contributed by atoms with van der Waals surface area (Å²) in [7, 11) is 1.55. The molecule has 86 valence electrons. The highest BCUT2D eigenvalue weighted by atomic mass is 16.5. The van der Waals surface area contributed by atoms with Gasteiger partial charge in [-0.05, 0) is 0 Å². The van der Waals surface area contributed by atoms with Gasteiger partial charge in [0, 0.05) is 18.8 Å². The highest BCUT2D eigenvalue weighted by molar-refractivity contribution is 5.77. The van der Waals surface area contributed by atoms with Gasteiger partial charge >= 0.3 is 0 Å². The summed E-state index contributed by atoms with van der Waals surface area (Å²) in [5.74, 6) is 1.41. The van der Waals surface area contributed by atoms with Crippen molar-refractivity contribution in [3.05, 3.63) is 30.7 Å². The van der Waals surface area contributed by atoms with E-state index >= 15 is 0 Å². The molecule has 0 saturated carbocycles. The van der Waals surface area contributed by atoms with Crippen LogP contribution in [0, 0.1) is 0 Å². The van der Waals surface area contributed by atoms with Gasteiger partial charge in [0.1, 0.15) is 6.54 Å². The molecule has 3 N–H and O–H groups in total. The topological polar surface area (TPSA) is 85.4 Å². The maximum absolute atomic E-state index is 5.58. The molecular formula is C10H15N5O. The summed E-state index contributed by atoms with van der Waals surface area (Å²) in [6.45, 7) is 4.45. The van der Waals surface area contributed by atoms with Crippen molar-refractivity contribution in [1.29, 1.82) is 0 Å². The second kappa shape index (κ2) is 6.39. The fourth-order valence-corrected chi connectivity index (χ4v) is 0.959. The number of aliphatic imine (C=N–C) groups is 1. The number of nitrogens with zero attached hydrogens (tertiary/aromatic N) is 3. The molecule has 0 aliphatic rings. The molecule has 6 nitrogen and oxygen atoms in total. The van der Waals surface area contributed by atoms with Crippen molar-refractivity contribution in [2.45, 2.75) is 6.54 Å². The predicted octanol–water partition coefficient (Wildman–Crippen LogP) is 0.0755. The summed E-state index contributed by atoms with van der Waals surface area (Å²) in [4.78, 5) is 12.2. The van der Waals surface area contributed by atoms with E-state index in [1.54, 1.807) is 25.4 Å². The molecule has 0 saturated heterocycles. The largest absolute Gasteiger partial charge is 0.481 e. The third-order valence-electron chi connectivity index (χ3n) is 1.71. The molecule has 0 radical (unpaired) electrons. The van der Waals surface area contributed by atoms with Crippen LogP contribution in [0.3, 0.4) is 0 Å². The molecule has 1 rings (SSSR count). The highest BCUT2D eigenvalue weighted by Crippen LogP contribution is 2.03. The van der Waals surface area contributed by atoms with E-state index in [1.807, 2.05) is 0 Å². The van der Waals surface area contributed by atoms with Crippen LogP contribution in [0.2, 0.25) is 0 Å². The Hall–Kier alpha value is -2.11. The number of hydrogen-bond donors (Lipinski definition) is 2. The van der Waals surface area contributed by atoms with Gasteiger partial charge in [-0.2, -0.15) is 4.98 Å². The molecule has 0 atom stereocenters. The Kier molecular flexibility index (Phi) is 4.78. The molecular weight excluding hydrogens is 206 g/mol. The molecule has 0 unspecified atom stereocenters. The van der Waals surface area contributed by atoms with Crippen LogP contribution in [0.5, 0.6) is 5.88 Å². The first-order valence-electron chi connectivity index (χ1n) is 4.77. The number of hydrogen-bond acceptors (Lipinski definition) is 4. The average Bonchev–Trinajstić information content (AvgIpc) is 2.34. The van der Waals surface area contributed by atoms with Gasteiger partial charge in [0.2, 0.25) is 5.88 Å². The lowest BCUT2D eigenvalue weighted by molar-refractivity contribution is 0.394. The third-order valence-corrected chi connectivity index (χ3v) is 1.71. The monoisotopic (exact) mass is 221 g/mol. The number of nitrogens with two attached hydrogens (primary N) is 1. The van der Waals surface area contributed by atoms with E-state index < -0.39 is 0 Å². The number of ether oxygens (including phenoxy) is 1. The molecule has 0 aromatic carbocycles. The molecule has 0 aliphatic heterocycles. The van der Waals surface area contributed by atoms with Crippen molar-refractivity contribution in [2.75, 3.05) is 13.7 Å². The number of rotatable bonds is 5. The molecule has 0 amide bonds. The minimum Gasteiger partial charge on any atom is -0.481 e. The smallest absolute Gasteiger partial charge is 0.216 e. The van der Waals surface area contributed by atoms with E-state index in [2.05, 4.69) is 26.9 Å². The van der Waals surface area contributed by atoms with Crippen molar-refractivity contribution in [3.8, 4) is 5.88 Å². The molecule has 0 bridgehead atoms. The first-order valence-corrected chi connectivity index (χ1v) is 4.77. The van der Waals surface area contributed by atoms with Gasteiger partial charge in [-0.3, -0.25) is 0 Å². The lowest BCUT2D eigenvalue weighted by Gasteiger charge is -2.02. The molecule has 1 aromatic rings. The van der Waals surface area contributed by atoms with E-state index in [0.29, 0.717) is 30.8 Å². The van der Waals surface area contributed by atoms with Crippen molar-refractivity contribution in [2.24, 2.45) is 10.7 Å². The molecule has 0 aliphatic carbocycles. The van der Waals surface area contributed by atoms with E-state index in [9.17, 15) is 0 Å². The lowest BCUT2D eigenvalue weighted by Crippen LogP contribution is -2.31. The zero-order chi connectivity index (χ0) is 11.8. The Morgan fingerprint density at radius 3 is 3.25 bits per heavy atom. The van der Waals surface area contributed by atoms with Crippen molar-refractivity contribution >= 4 is 5.96 Å². The summed E-state index contributed by atoms with van der Waals surface area (Å²) in [5.41, 5.74) is 5.58. The third kappa shape index (κ3) is 3.95. The van der Waals surface area contributed by atoms with Crippen LogP contribution in [0.4, 0.5) is 0 Å². The van der Waals surface area contributed by atoms with Gasteiger partial charge in [0.05, 0.1) is 7.11 Å². The van der Waals surface area contributed by atoms with Crippen molar-refractivity contribution < 1.29 is 4.74 Å². The zero-order valence-electron chi connectivity index (χ0n) is 9.18. The van der Waals surface area contributed by atoms with E-state index in [4.69, 9.17) is 10.5 Å². The summed E-state index contributed by atoms with van der Waals surface area (Å²) in [5, 5.41) is 2.85. The molecule has 0 fully saturated rings. The van der Waals surface area contributed by atoms with Crippen LogP contribution in [-0.2, 0) is 6.54 Å². The van der Waals surface area contributed by atoms with Gasteiger partial charge in [0.15, 0.2) is 11.8 Å². The summed E-state index contributed by atoms with van der Waals surface area (Å²) < 4.78 is 4.97. The first-order chi connectivity index (χ1) is 7.76. The number of methoxy groups -OCH3 is 1. The predicted molar refractivity (Wildman–Crippen MR) is 62.1 cm³/mol. The van der Waals surface area contributed by atoms with E-state index in [1.165, 1.54) is 0 Å². The minimum atomic E-state index is 0.313. The van der Waals surface area contributed by atoms with Gasteiger partial charge in [-0.1, -0.05) is 6.08 Å². The second-order valence-corrected chi connectivity index (χ2v) is 2.89. The standard InChI is InChI=1S/C10H15N5O/c1-3-5-13-10(11)14-7-8-12-6-4-9(15-8)16-2/h3-4,6H,1,5,7H2,2H3,(H3,11,13,14). The number of nitrogens with one attached hydrogen (secondary N) is 1. The fourth-order valence-electron chi connectivity index (χ4n) is 0.959.